The molecule has 1 aromatic rings. The Bertz CT molecular complexity index is 376. The van der Waals surface area contributed by atoms with Crippen molar-refractivity contribution in [3.8, 4) is 0 Å². The minimum atomic E-state index is 0.524. The molecular formula is C15H25N3. The summed E-state index contributed by atoms with van der Waals surface area (Å²) in [6.07, 6.45) is 5.87. The lowest BCUT2D eigenvalue weighted by atomic mass is 10.0. The van der Waals surface area contributed by atoms with Gasteiger partial charge in [0.1, 0.15) is 5.82 Å². The largest absolute Gasteiger partial charge is 0.354 e. The van der Waals surface area contributed by atoms with Gasteiger partial charge in [-0.2, -0.15) is 0 Å². The van der Waals surface area contributed by atoms with Gasteiger partial charge in [0.15, 0.2) is 0 Å². The monoisotopic (exact) mass is 247 g/mol. The van der Waals surface area contributed by atoms with Gasteiger partial charge in [-0.1, -0.05) is 13.8 Å². The molecule has 3 nitrogen and oxygen atoms in total. The van der Waals surface area contributed by atoms with E-state index in [2.05, 4.69) is 48.1 Å². The Morgan fingerprint density at radius 1 is 1.44 bits per heavy atom. The summed E-state index contributed by atoms with van der Waals surface area (Å²) in [4.78, 5) is 6.99. The molecule has 3 heteroatoms. The van der Waals surface area contributed by atoms with E-state index in [1.54, 1.807) is 0 Å². The van der Waals surface area contributed by atoms with Crippen molar-refractivity contribution in [1.29, 1.82) is 0 Å². The van der Waals surface area contributed by atoms with Gasteiger partial charge in [0.25, 0.3) is 0 Å². The summed E-state index contributed by atoms with van der Waals surface area (Å²) in [6.45, 7) is 8.73. The van der Waals surface area contributed by atoms with E-state index in [1.165, 1.54) is 24.8 Å². The summed E-state index contributed by atoms with van der Waals surface area (Å²) in [5.41, 5.74) is 1.33. The molecule has 1 N–H and O–H groups in total. The predicted octanol–water partition coefficient (Wildman–Crippen LogP) is 2.96. The fourth-order valence-electron chi connectivity index (χ4n) is 2.49. The van der Waals surface area contributed by atoms with E-state index in [0.29, 0.717) is 12.1 Å². The first-order chi connectivity index (χ1) is 8.66. The SMILES string of the molecule is CC(C)NCc1ccnc(N2CCCCC2C)c1. The highest BCUT2D eigenvalue weighted by Crippen LogP contribution is 2.23. The second-order valence-corrected chi connectivity index (χ2v) is 5.60. The number of anilines is 1. The zero-order valence-corrected chi connectivity index (χ0v) is 11.8. The van der Waals surface area contributed by atoms with Crippen molar-refractivity contribution in [1.82, 2.24) is 10.3 Å². The molecule has 0 spiro atoms. The van der Waals surface area contributed by atoms with Gasteiger partial charge in [-0.05, 0) is 43.9 Å². The zero-order valence-electron chi connectivity index (χ0n) is 11.8. The third-order valence-electron chi connectivity index (χ3n) is 3.62. The maximum absolute atomic E-state index is 4.54. The van der Waals surface area contributed by atoms with Crippen molar-refractivity contribution < 1.29 is 0 Å². The van der Waals surface area contributed by atoms with E-state index in [0.717, 1.165) is 18.9 Å². The molecule has 1 saturated heterocycles. The fraction of sp³-hybridized carbons (Fsp3) is 0.667. The summed E-state index contributed by atoms with van der Waals surface area (Å²) in [7, 11) is 0. The molecule has 0 aliphatic carbocycles. The molecule has 1 aliphatic rings. The number of nitrogens with zero attached hydrogens (tertiary/aromatic N) is 2. The van der Waals surface area contributed by atoms with Crippen molar-refractivity contribution in [2.75, 3.05) is 11.4 Å². The summed E-state index contributed by atoms with van der Waals surface area (Å²) < 4.78 is 0. The van der Waals surface area contributed by atoms with E-state index in [1.807, 2.05) is 6.20 Å². The lowest BCUT2D eigenvalue weighted by Gasteiger charge is -2.34. The lowest BCUT2D eigenvalue weighted by molar-refractivity contribution is 0.481. The van der Waals surface area contributed by atoms with E-state index in [4.69, 9.17) is 0 Å². The summed E-state index contributed by atoms with van der Waals surface area (Å²) >= 11 is 0. The van der Waals surface area contributed by atoms with Crippen LogP contribution in [0.2, 0.25) is 0 Å². The smallest absolute Gasteiger partial charge is 0.129 e. The quantitative estimate of drug-likeness (QED) is 0.886. The minimum Gasteiger partial charge on any atom is -0.354 e. The first-order valence-electron chi connectivity index (χ1n) is 7.12. The summed E-state index contributed by atoms with van der Waals surface area (Å²) in [6, 6.07) is 5.49. The second-order valence-electron chi connectivity index (χ2n) is 5.60. The van der Waals surface area contributed by atoms with Crippen LogP contribution in [0.1, 0.15) is 45.6 Å². The van der Waals surface area contributed by atoms with Crippen LogP contribution >= 0.6 is 0 Å². The van der Waals surface area contributed by atoms with E-state index in [-0.39, 0.29) is 0 Å². The molecule has 0 bridgehead atoms. The first kappa shape index (κ1) is 13.3. The van der Waals surface area contributed by atoms with Gasteiger partial charge in [0.2, 0.25) is 0 Å². The summed E-state index contributed by atoms with van der Waals surface area (Å²) in [5, 5.41) is 3.46. The van der Waals surface area contributed by atoms with Crippen LogP contribution in [0.4, 0.5) is 5.82 Å². The molecule has 0 saturated carbocycles. The highest BCUT2D eigenvalue weighted by atomic mass is 15.2. The van der Waals surface area contributed by atoms with Crippen LogP contribution in [0, 0.1) is 0 Å². The van der Waals surface area contributed by atoms with Crippen LogP contribution in [0.15, 0.2) is 18.3 Å². The van der Waals surface area contributed by atoms with Gasteiger partial charge in [-0.25, -0.2) is 4.98 Å². The van der Waals surface area contributed by atoms with Crippen LogP contribution in [0.3, 0.4) is 0 Å². The molecule has 0 aromatic carbocycles. The van der Waals surface area contributed by atoms with Crippen LogP contribution in [0.25, 0.3) is 0 Å². The van der Waals surface area contributed by atoms with Crippen molar-refractivity contribution in [3.63, 3.8) is 0 Å². The average Bonchev–Trinajstić information content (AvgIpc) is 2.37. The number of hydrogen-bond acceptors (Lipinski definition) is 3. The number of pyridine rings is 1. The molecule has 0 radical (unpaired) electrons. The van der Waals surface area contributed by atoms with Crippen LogP contribution < -0.4 is 10.2 Å². The number of rotatable bonds is 4. The molecule has 1 fully saturated rings. The Labute approximate surface area is 111 Å². The van der Waals surface area contributed by atoms with Crippen LogP contribution in [-0.4, -0.2) is 23.6 Å². The molecule has 0 amide bonds. The third kappa shape index (κ3) is 3.45. The topological polar surface area (TPSA) is 28.2 Å². The Balaban J connectivity index is 2.06. The highest BCUT2D eigenvalue weighted by molar-refractivity contribution is 5.42. The predicted molar refractivity (Wildman–Crippen MR) is 76.9 cm³/mol. The molecule has 1 aliphatic heterocycles. The Morgan fingerprint density at radius 2 is 2.28 bits per heavy atom. The van der Waals surface area contributed by atoms with Crippen molar-refractivity contribution >= 4 is 5.82 Å². The van der Waals surface area contributed by atoms with Gasteiger partial charge < -0.3 is 10.2 Å². The number of aromatic nitrogens is 1. The van der Waals surface area contributed by atoms with Gasteiger partial charge in [-0.3, -0.25) is 0 Å². The standard InChI is InChI=1S/C15H25N3/c1-12(2)17-11-14-7-8-16-15(10-14)18-9-5-4-6-13(18)3/h7-8,10,12-13,17H,4-6,9,11H2,1-3H3. The molecule has 2 rings (SSSR count). The van der Waals surface area contributed by atoms with Crippen molar-refractivity contribution in [3.05, 3.63) is 23.9 Å². The third-order valence-corrected chi connectivity index (χ3v) is 3.62. The molecule has 2 heterocycles. The van der Waals surface area contributed by atoms with E-state index >= 15 is 0 Å². The second kappa shape index (κ2) is 6.19. The van der Waals surface area contributed by atoms with Crippen LogP contribution in [0.5, 0.6) is 0 Å². The van der Waals surface area contributed by atoms with Gasteiger partial charge in [0.05, 0.1) is 0 Å². The molecule has 18 heavy (non-hydrogen) atoms. The zero-order chi connectivity index (χ0) is 13.0. The maximum Gasteiger partial charge on any atom is 0.129 e. The number of piperidine rings is 1. The molecule has 100 valence electrons. The van der Waals surface area contributed by atoms with Crippen LogP contribution in [-0.2, 0) is 6.54 Å². The van der Waals surface area contributed by atoms with E-state index < -0.39 is 0 Å². The molecule has 1 atom stereocenters. The van der Waals surface area contributed by atoms with Crippen molar-refractivity contribution in [2.45, 2.75) is 58.7 Å². The molecular weight excluding hydrogens is 222 g/mol. The fourth-order valence-corrected chi connectivity index (χ4v) is 2.49. The highest BCUT2D eigenvalue weighted by Gasteiger charge is 2.19. The van der Waals surface area contributed by atoms with Gasteiger partial charge in [0, 0.05) is 31.4 Å². The maximum atomic E-state index is 4.54. The van der Waals surface area contributed by atoms with Gasteiger partial charge >= 0.3 is 0 Å². The number of nitrogens with one attached hydrogen (secondary N) is 1. The Kier molecular flexibility index (Phi) is 4.59. The van der Waals surface area contributed by atoms with Crippen molar-refractivity contribution in [2.24, 2.45) is 0 Å². The lowest BCUT2D eigenvalue weighted by Crippen LogP contribution is -2.38. The van der Waals surface area contributed by atoms with Gasteiger partial charge in [-0.15, -0.1) is 0 Å². The normalized spacial score (nSPS) is 20.4. The Morgan fingerprint density at radius 3 is 3.00 bits per heavy atom. The average molecular weight is 247 g/mol. The number of hydrogen-bond donors (Lipinski definition) is 1. The Hall–Kier alpha value is -1.09. The first-order valence-corrected chi connectivity index (χ1v) is 7.12. The molecule has 1 aromatic heterocycles. The van der Waals surface area contributed by atoms with E-state index in [9.17, 15) is 0 Å². The summed E-state index contributed by atoms with van der Waals surface area (Å²) in [5.74, 6) is 1.14. The molecule has 1 unspecified atom stereocenters. The minimum absolute atomic E-state index is 0.524.